The molecule has 0 aromatic carbocycles. The lowest BCUT2D eigenvalue weighted by Gasteiger charge is -2.23. The predicted octanol–water partition coefficient (Wildman–Crippen LogP) is 0.611. The number of nitrogens with one attached hydrogen (secondary N) is 1. The summed E-state index contributed by atoms with van der Waals surface area (Å²) in [7, 11) is -3.18. The van der Waals surface area contributed by atoms with Crippen LogP contribution in [0.5, 0.6) is 0 Å². The Hall–Kier alpha value is -1.32. The maximum Gasteiger partial charge on any atom is 0.223 e. The van der Waals surface area contributed by atoms with Crippen LogP contribution in [0.1, 0.15) is 19.8 Å². The topological polar surface area (TPSA) is 84.4 Å². The molecule has 2 atom stereocenters. The number of halogens is 1. The van der Waals surface area contributed by atoms with Crippen LogP contribution in [-0.4, -0.2) is 59.8 Å². The molecule has 0 saturated carbocycles. The molecule has 7 nitrogen and oxygen atoms in total. The van der Waals surface area contributed by atoms with Crippen molar-refractivity contribution in [1.82, 2.24) is 14.3 Å². The average Bonchev–Trinajstić information content (AvgIpc) is 3.10. The summed E-state index contributed by atoms with van der Waals surface area (Å²) in [4.78, 5) is 7.73. The van der Waals surface area contributed by atoms with Gasteiger partial charge in [0, 0.05) is 19.5 Å². The molecule has 2 fully saturated rings. The van der Waals surface area contributed by atoms with Crippen LogP contribution in [0.25, 0.3) is 0 Å². The van der Waals surface area contributed by atoms with Crippen molar-refractivity contribution < 1.29 is 17.5 Å². The summed E-state index contributed by atoms with van der Waals surface area (Å²) in [5, 5.41) is 3.10. The molecule has 22 heavy (non-hydrogen) atoms. The zero-order valence-corrected chi connectivity index (χ0v) is 13.1. The molecule has 0 radical (unpaired) electrons. The van der Waals surface area contributed by atoms with E-state index in [2.05, 4.69) is 15.3 Å². The third kappa shape index (κ3) is 3.06. The Balaban J connectivity index is 1.62. The number of hydrogen-bond acceptors (Lipinski definition) is 6. The van der Waals surface area contributed by atoms with E-state index in [0.29, 0.717) is 38.5 Å². The van der Waals surface area contributed by atoms with Crippen molar-refractivity contribution in [2.75, 3.05) is 30.8 Å². The summed E-state index contributed by atoms with van der Waals surface area (Å²) in [5.41, 5.74) is -0.431. The van der Waals surface area contributed by atoms with E-state index in [9.17, 15) is 12.8 Å². The van der Waals surface area contributed by atoms with Crippen molar-refractivity contribution in [3.63, 3.8) is 0 Å². The summed E-state index contributed by atoms with van der Waals surface area (Å²) in [6.45, 7) is 2.99. The molecule has 1 N–H and O–H groups in total. The lowest BCUT2D eigenvalue weighted by atomic mass is 9.97. The molecule has 2 saturated heterocycles. The van der Waals surface area contributed by atoms with Gasteiger partial charge in [0.1, 0.15) is 0 Å². The fourth-order valence-corrected chi connectivity index (χ4v) is 4.19. The fraction of sp³-hybridized carbons (Fsp3) is 0.692. The van der Waals surface area contributed by atoms with Gasteiger partial charge < -0.3 is 10.1 Å². The zero-order chi connectivity index (χ0) is 15.8. The lowest BCUT2D eigenvalue weighted by molar-refractivity contribution is 0.0173. The highest BCUT2D eigenvalue weighted by Crippen LogP contribution is 2.36. The van der Waals surface area contributed by atoms with Gasteiger partial charge in [0.05, 0.1) is 36.4 Å². The second kappa shape index (κ2) is 5.71. The van der Waals surface area contributed by atoms with Crippen LogP contribution < -0.4 is 5.32 Å². The van der Waals surface area contributed by atoms with E-state index in [-0.39, 0.29) is 11.8 Å². The van der Waals surface area contributed by atoms with Crippen LogP contribution in [0, 0.1) is 5.82 Å². The fourth-order valence-electron chi connectivity index (χ4n) is 3.02. The van der Waals surface area contributed by atoms with E-state index < -0.39 is 21.4 Å². The van der Waals surface area contributed by atoms with E-state index in [0.717, 1.165) is 12.4 Å². The number of rotatable bonds is 4. The molecule has 0 unspecified atom stereocenters. The molecule has 9 heteroatoms. The molecule has 2 aliphatic rings. The monoisotopic (exact) mass is 330 g/mol. The Morgan fingerprint density at radius 3 is 2.91 bits per heavy atom. The van der Waals surface area contributed by atoms with Crippen molar-refractivity contribution in [2.24, 2.45) is 0 Å². The van der Waals surface area contributed by atoms with Gasteiger partial charge in [-0.15, -0.1) is 0 Å². The predicted molar refractivity (Wildman–Crippen MR) is 78.4 cm³/mol. The van der Waals surface area contributed by atoms with Gasteiger partial charge in [-0.3, -0.25) is 0 Å². The van der Waals surface area contributed by atoms with Gasteiger partial charge in [-0.1, -0.05) is 0 Å². The smallest absolute Gasteiger partial charge is 0.223 e. The third-order valence-corrected chi connectivity index (χ3v) is 6.03. The molecular weight excluding hydrogens is 311 g/mol. The number of sulfonamides is 1. The number of nitrogens with zero attached hydrogens (tertiary/aromatic N) is 3. The molecule has 2 aliphatic heterocycles. The SMILES string of the molecule is CCS(=O)(=O)N1CC[C@@]2(C[C@@H](Nc3ncc(F)cn3)CO2)C1. The summed E-state index contributed by atoms with van der Waals surface area (Å²) < 4.78 is 44.1. The molecule has 1 aromatic heterocycles. The number of aromatic nitrogens is 2. The van der Waals surface area contributed by atoms with Crippen LogP contribution in [0.4, 0.5) is 10.3 Å². The minimum absolute atomic E-state index is 0.00487. The first-order chi connectivity index (χ1) is 10.4. The standard InChI is InChI=1S/C13H19FN4O3S/c1-2-22(19,20)18-4-3-13(9-18)5-11(8-21-13)17-12-15-6-10(14)7-16-12/h6-7,11H,2-5,8-9H2,1H3,(H,15,16,17)/t11-,13-/m1/s1. The van der Waals surface area contributed by atoms with Gasteiger partial charge in [0.2, 0.25) is 16.0 Å². The lowest BCUT2D eigenvalue weighted by Crippen LogP contribution is -2.37. The summed E-state index contributed by atoms with van der Waals surface area (Å²) in [6, 6.07) is -0.00487. The Morgan fingerprint density at radius 2 is 2.23 bits per heavy atom. The maximum atomic E-state index is 12.8. The van der Waals surface area contributed by atoms with Crippen molar-refractivity contribution in [1.29, 1.82) is 0 Å². The quantitative estimate of drug-likeness (QED) is 0.871. The minimum Gasteiger partial charge on any atom is -0.371 e. The highest BCUT2D eigenvalue weighted by atomic mass is 32.2. The van der Waals surface area contributed by atoms with E-state index in [4.69, 9.17) is 4.74 Å². The summed E-state index contributed by atoms with van der Waals surface area (Å²) in [6.07, 6.45) is 3.58. The third-order valence-electron chi connectivity index (χ3n) is 4.20. The molecule has 3 rings (SSSR count). The van der Waals surface area contributed by atoms with Crippen LogP contribution in [0.3, 0.4) is 0 Å². The van der Waals surface area contributed by atoms with Crippen molar-refractivity contribution in [2.45, 2.75) is 31.4 Å². The first-order valence-corrected chi connectivity index (χ1v) is 8.89. The minimum atomic E-state index is -3.18. The van der Waals surface area contributed by atoms with Crippen LogP contribution in [0.2, 0.25) is 0 Å². The van der Waals surface area contributed by atoms with Crippen LogP contribution in [0.15, 0.2) is 12.4 Å². The van der Waals surface area contributed by atoms with Crippen LogP contribution >= 0.6 is 0 Å². The van der Waals surface area contributed by atoms with Gasteiger partial charge in [0.25, 0.3) is 0 Å². The van der Waals surface area contributed by atoms with E-state index in [1.165, 1.54) is 4.31 Å². The van der Waals surface area contributed by atoms with Gasteiger partial charge in [-0.2, -0.15) is 4.31 Å². The largest absolute Gasteiger partial charge is 0.371 e. The molecule has 0 aliphatic carbocycles. The first-order valence-electron chi connectivity index (χ1n) is 7.28. The van der Waals surface area contributed by atoms with Gasteiger partial charge in [0.15, 0.2) is 5.82 Å². The molecule has 1 aromatic rings. The Bertz CT molecular complexity index is 639. The summed E-state index contributed by atoms with van der Waals surface area (Å²) >= 11 is 0. The molecular formula is C13H19FN4O3S. The first kappa shape index (κ1) is 15.6. The van der Waals surface area contributed by atoms with Crippen molar-refractivity contribution in [3.8, 4) is 0 Å². The molecule has 1 spiro atoms. The van der Waals surface area contributed by atoms with Crippen molar-refractivity contribution >= 4 is 16.0 Å². The Morgan fingerprint density at radius 1 is 1.50 bits per heavy atom. The second-order valence-electron chi connectivity index (χ2n) is 5.75. The Labute approximate surface area is 128 Å². The molecule has 0 amide bonds. The second-order valence-corrected chi connectivity index (χ2v) is 8.01. The Kier molecular flexibility index (Phi) is 4.04. The number of anilines is 1. The van der Waals surface area contributed by atoms with Gasteiger partial charge in [-0.25, -0.2) is 22.8 Å². The maximum absolute atomic E-state index is 12.8. The summed E-state index contributed by atoms with van der Waals surface area (Å²) in [5.74, 6) is -0.0299. The van der Waals surface area contributed by atoms with E-state index in [1.807, 2.05) is 0 Å². The van der Waals surface area contributed by atoms with E-state index >= 15 is 0 Å². The average molecular weight is 330 g/mol. The normalized spacial score (nSPS) is 29.3. The molecule has 0 bridgehead atoms. The highest BCUT2D eigenvalue weighted by Gasteiger charge is 2.48. The van der Waals surface area contributed by atoms with E-state index in [1.54, 1.807) is 6.92 Å². The number of ether oxygens (including phenoxy) is 1. The molecule has 3 heterocycles. The van der Waals surface area contributed by atoms with Crippen molar-refractivity contribution in [3.05, 3.63) is 18.2 Å². The van der Waals surface area contributed by atoms with Crippen LogP contribution in [-0.2, 0) is 14.8 Å². The van der Waals surface area contributed by atoms with Gasteiger partial charge in [-0.05, 0) is 13.3 Å². The zero-order valence-electron chi connectivity index (χ0n) is 12.3. The molecule has 122 valence electrons. The number of hydrogen-bond donors (Lipinski definition) is 1. The highest BCUT2D eigenvalue weighted by molar-refractivity contribution is 7.89. The van der Waals surface area contributed by atoms with Gasteiger partial charge >= 0.3 is 0 Å².